The summed E-state index contributed by atoms with van der Waals surface area (Å²) < 4.78 is 3.98. The molecule has 15 heavy (non-hydrogen) atoms. The minimum absolute atomic E-state index is 0.361. The van der Waals surface area contributed by atoms with E-state index in [2.05, 4.69) is 14.7 Å². The van der Waals surface area contributed by atoms with E-state index in [-0.39, 0.29) is 0 Å². The van der Waals surface area contributed by atoms with Gasteiger partial charge in [-0.05, 0) is 18.8 Å². The molecule has 1 fully saturated rings. The summed E-state index contributed by atoms with van der Waals surface area (Å²) >= 11 is 7.41. The van der Waals surface area contributed by atoms with Gasteiger partial charge in [-0.25, -0.2) is 4.98 Å². The lowest BCUT2D eigenvalue weighted by Crippen LogP contribution is -2.32. The number of nitrogens with one attached hydrogen (secondary N) is 1. The van der Waals surface area contributed by atoms with Crippen LogP contribution < -0.4 is 5.32 Å². The van der Waals surface area contributed by atoms with Gasteiger partial charge in [-0.2, -0.15) is 4.37 Å². The summed E-state index contributed by atoms with van der Waals surface area (Å²) in [7, 11) is 0. The van der Waals surface area contributed by atoms with Crippen molar-refractivity contribution in [3.05, 3.63) is 6.33 Å². The molecule has 0 aliphatic heterocycles. The quantitative estimate of drug-likeness (QED) is 0.829. The van der Waals surface area contributed by atoms with E-state index >= 15 is 0 Å². The van der Waals surface area contributed by atoms with Gasteiger partial charge in [0.25, 0.3) is 0 Å². The van der Waals surface area contributed by atoms with Gasteiger partial charge in [0.1, 0.15) is 6.33 Å². The van der Waals surface area contributed by atoms with Crippen LogP contribution >= 0.6 is 23.1 Å². The lowest BCUT2D eigenvalue weighted by Gasteiger charge is -2.29. The zero-order valence-electron chi connectivity index (χ0n) is 8.66. The first-order valence-electron chi connectivity index (χ1n) is 5.49. The van der Waals surface area contributed by atoms with Gasteiger partial charge in [-0.1, -0.05) is 19.3 Å². The number of anilines is 1. The van der Waals surface area contributed by atoms with E-state index in [1.54, 1.807) is 6.33 Å². The second kappa shape index (κ2) is 5.66. The fraction of sp³-hybridized carbons (Fsp3) is 0.800. The van der Waals surface area contributed by atoms with Crippen LogP contribution in [0.15, 0.2) is 6.33 Å². The predicted octanol–water partition coefficient (Wildman–Crippen LogP) is 3.14. The standard InChI is InChI=1S/C10H16ClN3S/c11-6-9(8-4-2-1-3-5-8)14-10-12-7-13-15-10/h7-9H,1-6H2,(H,12,13,14). The Hall–Kier alpha value is -0.350. The highest BCUT2D eigenvalue weighted by Crippen LogP contribution is 2.28. The van der Waals surface area contributed by atoms with E-state index in [9.17, 15) is 0 Å². The van der Waals surface area contributed by atoms with E-state index < -0.39 is 0 Å². The molecule has 1 heterocycles. The van der Waals surface area contributed by atoms with E-state index in [4.69, 9.17) is 11.6 Å². The molecule has 84 valence electrons. The molecule has 1 aliphatic rings. The monoisotopic (exact) mass is 245 g/mol. The summed E-state index contributed by atoms with van der Waals surface area (Å²) in [6.07, 6.45) is 8.24. The summed E-state index contributed by atoms with van der Waals surface area (Å²) in [5, 5.41) is 4.29. The molecule has 0 radical (unpaired) electrons. The van der Waals surface area contributed by atoms with Crippen molar-refractivity contribution in [2.45, 2.75) is 38.1 Å². The SMILES string of the molecule is ClCC(Nc1ncns1)C1CCCCC1. The number of alkyl halides is 1. The maximum absolute atomic E-state index is 6.01. The Bertz CT molecular complexity index is 272. The second-order valence-corrected chi connectivity index (χ2v) is 5.14. The Morgan fingerprint density at radius 3 is 2.87 bits per heavy atom. The molecule has 1 aliphatic carbocycles. The van der Waals surface area contributed by atoms with Crippen molar-refractivity contribution < 1.29 is 0 Å². The molecule has 1 saturated carbocycles. The van der Waals surface area contributed by atoms with Gasteiger partial charge in [0.05, 0.1) is 0 Å². The summed E-state index contributed by atoms with van der Waals surface area (Å²) in [6, 6.07) is 0.361. The first-order valence-corrected chi connectivity index (χ1v) is 6.80. The van der Waals surface area contributed by atoms with Gasteiger partial charge in [0.2, 0.25) is 5.13 Å². The largest absolute Gasteiger partial charge is 0.356 e. The first-order chi connectivity index (χ1) is 7.40. The number of aromatic nitrogens is 2. The normalized spacial score (nSPS) is 20.1. The third kappa shape index (κ3) is 3.05. The highest BCUT2D eigenvalue weighted by Gasteiger charge is 2.23. The molecular formula is C10H16ClN3S. The van der Waals surface area contributed by atoms with Crippen molar-refractivity contribution in [1.29, 1.82) is 0 Å². The molecule has 1 unspecified atom stereocenters. The van der Waals surface area contributed by atoms with Gasteiger partial charge < -0.3 is 5.32 Å². The van der Waals surface area contributed by atoms with E-state index in [1.807, 2.05) is 0 Å². The zero-order chi connectivity index (χ0) is 10.5. The Kier molecular flexibility index (Phi) is 4.20. The van der Waals surface area contributed by atoms with Crippen molar-refractivity contribution in [3.63, 3.8) is 0 Å². The molecule has 0 saturated heterocycles. The van der Waals surface area contributed by atoms with Crippen molar-refractivity contribution in [1.82, 2.24) is 9.36 Å². The molecule has 1 aromatic heterocycles. The number of hydrogen-bond acceptors (Lipinski definition) is 4. The van der Waals surface area contributed by atoms with Crippen LogP contribution in [0.4, 0.5) is 5.13 Å². The van der Waals surface area contributed by atoms with Crippen LogP contribution in [0, 0.1) is 5.92 Å². The molecule has 5 heteroatoms. The fourth-order valence-corrected chi connectivity index (χ4v) is 3.04. The molecule has 1 N–H and O–H groups in total. The van der Waals surface area contributed by atoms with Gasteiger partial charge in [-0.3, -0.25) is 0 Å². The van der Waals surface area contributed by atoms with Crippen LogP contribution in [0.25, 0.3) is 0 Å². The van der Waals surface area contributed by atoms with Gasteiger partial charge in [0.15, 0.2) is 0 Å². The van der Waals surface area contributed by atoms with Gasteiger partial charge in [0, 0.05) is 23.5 Å². The molecule has 0 amide bonds. The average Bonchev–Trinajstić information content (AvgIpc) is 2.80. The smallest absolute Gasteiger partial charge is 0.202 e. The highest BCUT2D eigenvalue weighted by atomic mass is 35.5. The number of nitrogens with zero attached hydrogens (tertiary/aromatic N) is 2. The summed E-state index contributed by atoms with van der Waals surface area (Å²) in [6.45, 7) is 0. The highest BCUT2D eigenvalue weighted by molar-refractivity contribution is 7.09. The van der Waals surface area contributed by atoms with Crippen LogP contribution in [-0.2, 0) is 0 Å². The van der Waals surface area contributed by atoms with Crippen molar-refractivity contribution in [2.24, 2.45) is 5.92 Å². The lowest BCUT2D eigenvalue weighted by molar-refractivity contribution is 0.330. The van der Waals surface area contributed by atoms with Gasteiger partial charge >= 0.3 is 0 Å². The van der Waals surface area contributed by atoms with Crippen molar-refractivity contribution in [3.8, 4) is 0 Å². The molecule has 1 aromatic rings. The number of halogens is 1. The average molecular weight is 246 g/mol. The van der Waals surface area contributed by atoms with Gasteiger partial charge in [-0.15, -0.1) is 11.6 Å². The van der Waals surface area contributed by atoms with Crippen LogP contribution in [-0.4, -0.2) is 21.3 Å². The lowest BCUT2D eigenvalue weighted by atomic mass is 9.84. The fourth-order valence-electron chi connectivity index (χ4n) is 2.21. The van der Waals surface area contributed by atoms with Crippen LogP contribution in [0.2, 0.25) is 0 Å². The Balaban J connectivity index is 1.91. The molecule has 1 atom stereocenters. The summed E-state index contributed by atoms with van der Waals surface area (Å²) in [5.41, 5.74) is 0. The van der Waals surface area contributed by atoms with Crippen LogP contribution in [0.3, 0.4) is 0 Å². The Morgan fingerprint density at radius 1 is 1.47 bits per heavy atom. The summed E-state index contributed by atoms with van der Waals surface area (Å²) in [5.74, 6) is 1.37. The van der Waals surface area contributed by atoms with E-state index in [1.165, 1.54) is 43.6 Å². The maximum atomic E-state index is 6.01. The molecule has 3 nitrogen and oxygen atoms in total. The third-order valence-electron chi connectivity index (χ3n) is 3.06. The number of hydrogen-bond donors (Lipinski definition) is 1. The minimum Gasteiger partial charge on any atom is -0.356 e. The van der Waals surface area contributed by atoms with Crippen molar-refractivity contribution >= 4 is 28.3 Å². The van der Waals surface area contributed by atoms with Crippen LogP contribution in [0.5, 0.6) is 0 Å². The predicted molar refractivity (Wildman–Crippen MR) is 64.6 cm³/mol. The Morgan fingerprint density at radius 2 is 2.27 bits per heavy atom. The summed E-state index contributed by atoms with van der Waals surface area (Å²) in [4.78, 5) is 4.14. The maximum Gasteiger partial charge on any atom is 0.202 e. The first kappa shape index (κ1) is 11.1. The van der Waals surface area contributed by atoms with E-state index in [0.29, 0.717) is 17.8 Å². The number of rotatable bonds is 4. The third-order valence-corrected chi connectivity index (χ3v) is 3.98. The zero-order valence-corrected chi connectivity index (χ0v) is 10.2. The van der Waals surface area contributed by atoms with Crippen LogP contribution in [0.1, 0.15) is 32.1 Å². The molecule has 0 aromatic carbocycles. The molecule has 0 bridgehead atoms. The van der Waals surface area contributed by atoms with E-state index in [0.717, 1.165) is 5.13 Å². The molecule has 2 rings (SSSR count). The molecule has 0 spiro atoms. The van der Waals surface area contributed by atoms with Crippen molar-refractivity contribution in [2.75, 3.05) is 11.2 Å². The second-order valence-electron chi connectivity index (χ2n) is 4.05. The topological polar surface area (TPSA) is 37.8 Å². The molecular weight excluding hydrogens is 230 g/mol. The Labute approximate surface area is 99.4 Å². The minimum atomic E-state index is 0.361.